The highest BCUT2D eigenvalue weighted by Crippen LogP contribution is 2.22. The van der Waals surface area contributed by atoms with Crippen molar-refractivity contribution in [2.75, 3.05) is 5.32 Å². The number of benzene rings is 2. The van der Waals surface area contributed by atoms with Crippen molar-refractivity contribution in [3.8, 4) is 0 Å². The summed E-state index contributed by atoms with van der Waals surface area (Å²) in [6.07, 6.45) is 7.35. The van der Waals surface area contributed by atoms with E-state index in [1.165, 1.54) is 48.8 Å². The van der Waals surface area contributed by atoms with E-state index in [0.29, 0.717) is 0 Å². The van der Waals surface area contributed by atoms with E-state index in [4.69, 9.17) is 12.2 Å². The van der Waals surface area contributed by atoms with Gasteiger partial charge in [-0.1, -0.05) is 82.2 Å². The molecule has 0 radical (unpaired) electrons. The zero-order valence-electron chi connectivity index (χ0n) is 16.4. The van der Waals surface area contributed by atoms with Crippen LogP contribution in [0.3, 0.4) is 0 Å². The Morgan fingerprint density at radius 2 is 1.73 bits per heavy atom. The van der Waals surface area contributed by atoms with Gasteiger partial charge in [0.05, 0.1) is 0 Å². The fraction of sp³-hybridized carbons (Fsp3) is 0.375. The van der Waals surface area contributed by atoms with Gasteiger partial charge >= 0.3 is 0 Å². The first kappa shape index (κ1) is 20.4. The van der Waals surface area contributed by atoms with Gasteiger partial charge < -0.3 is 5.32 Å². The molecule has 2 rings (SSSR count). The minimum Gasteiger partial charge on any atom is -0.356 e. The van der Waals surface area contributed by atoms with Crippen LogP contribution in [-0.2, 0) is 12.8 Å². The number of nitrogens with one attached hydrogen (secondary N) is 1. The van der Waals surface area contributed by atoms with Crippen molar-refractivity contribution in [2.24, 2.45) is 0 Å². The predicted molar refractivity (Wildman–Crippen MR) is 120 cm³/mol. The molecular formula is C24H31NS. The Bertz CT molecular complexity index is 743. The third-order valence-electron chi connectivity index (χ3n) is 4.78. The molecule has 0 heterocycles. The normalized spacial score (nSPS) is 10.6. The van der Waals surface area contributed by atoms with Gasteiger partial charge in [-0.25, -0.2) is 0 Å². The van der Waals surface area contributed by atoms with Crippen LogP contribution < -0.4 is 5.32 Å². The first-order valence-electron chi connectivity index (χ1n) is 9.74. The smallest absolute Gasteiger partial charge is 0.0387 e. The molecule has 0 aliphatic carbocycles. The minimum atomic E-state index is 0.927. The van der Waals surface area contributed by atoms with Crippen molar-refractivity contribution >= 4 is 28.5 Å². The molecule has 138 valence electrons. The number of anilines is 1. The second kappa shape index (κ2) is 10.3. The maximum atomic E-state index is 5.34. The SMILES string of the molecule is C=C(Nc1ccc(C(C)=S)c(CC)c1)c1ccc(CCCCCC)cc1. The summed E-state index contributed by atoms with van der Waals surface area (Å²) >= 11 is 5.34. The second-order valence-corrected chi connectivity index (χ2v) is 7.51. The van der Waals surface area contributed by atoms with Crippen LogP contribution in [0.25, 0.3) is 5.70 Å². The van der Waals surface area contributed by atoms with Gasteiger partial charge in [-0.05, 0) is 60.6 Å². The summed E-state index contributed by atoms with van der Waals surface area (Å²) in [5.74, 6) is 0. The van der Waals surface area contributed by atoms with Gasteiger partial charge in [0.2, 0.25) is 0 Å². The molecule has 2 aromatic carbocycles. The maximum Gasteiger partial charge on any atom is 0.0387 e. The van der Waals surface area contributed by atoms with Gasteiger partial charge in [-0.3, -0.25) is 0 Å². The summed E-state index contributed by atoms with van der Waals surface area (Å²) in [5, 5.41) is 3.44. The lowest BCUT2D eigenvalue weighted by Gasteiger charge is -2.14. The minimum absolute atomic E-state index is 0.927. The van der Waals surface area contributed by atoms with Gasteiger partial charge in [0.25, 0.3) is 0 Å². The fourth-order valence-electron chi connectivity index (χ4n) is 3.18. The predicted octanol–water partition coefficient (Wildman–Crippen LogP) is 7.19. The Hall–Kier alpha value is -1.93. The van der Waals surface area contributed by atoms with E-state index < -0.39 is 0 Å². The van der Waals surface area contributed by atoms with Crippen LogP contribution in [0, 0.1) is 0 Å². The molecule has 0 aliphatic rings. The maximum absolute atomic E-state index is 5.34. The van der Waals surface area contributed by atoms with E-state index in [2.05, 4.69) is 68.2 Å². The van der Waals surface area contributed by atoms with Crippen molar-refractivity contribution in [3.05, 3.63) is 71.3 Å². The second-order valence-electron chi connectivity index (χ2n) is 6.89. The van der Waals surface area contributed by atoms with Gasteiger partial charge in [-0.15, -0.1) is 0 Å². The van der Waals surface area contributed by atoms with Gasteiger partial charge in [0, 0.05) is 16.2 Å². The molecule has 0 saturated carbocycles. The van der Waals surface area contributed by atoms with E-state index in [-0.39, 0.29) is 0 Å². The number of thiocarbonyl (C=S) groups is 1. The highest BCUT2D eigenvalue weighted by atomic mass is 32.1. The number of unbranched alkanes of at least 4 members (excludes halogenated alkanes) is 3. The lowest BCUT2D eigenvalue weighted by atomic mass is 10.0. The summed E-state index contributed by atoms with van der Waals surface area (Å²) in [4.78, 5) is 0.946. The Balaban J connectivity index is 2.00. The van der Waals surface area contributed by atoms with E-state index in [1.54, 1.807) is 0 Å². The zero-order chi connectivity index (χ0) is 18.9. The fourth-order valence-corrected chi connectivity index (χ4v) is 3.38. The van der Waals surface area contributed by atoms with Crippen LogP contribution in [-0.4, -0.2) is 4.86 Å². The molecule has 0 aliphatic heterocycles. The van der Waals surface area contributed by atoms with Gasteiger partial charge in [-0.2, -0.15) is 0 Å². The van der Waals surface area contributed by atoms with Crippen LogP contribution >= 0.6 is 12.2 Å². The number of hydrogen-bond acceptors (Lipinski definition) is 2. The average molecular weight is 366 g/mol. The number of hydrogen-bond donors (Lipinski definition) is 1. The molecule has 26 heavy (non-hydrogen) atoms. The standard InChI is InChI=1S/C24H31NS/c1-5-7-8-9-10-20-11-13-22(14-12-20)18(3)25-23-15-16-24(19(4)26)21(6-2)17-23/h11-17,25H,3,5-10H2,1-2,4H3. The Labute approximate surface area is 164 Å². The van der Waals surface area contributed by atoms with E-state index in [9.17, 15) is 0 Å². The van der Waals surface area contributed by atoms with Crippen LogP contribution in [0.2, 0.25) is 0 Å². The van der Waals surface area contributed by atoms with Crippen molar-refractivity contribution in [3.63, 3.8) is 0 Å². The van der Waals surface area contributed by atoms with Crippen LogP contribution in [0.15, 0.2) is 49.0 Å². The van der Waals surface area contributed by atoms with Crippen LogP contribution in [0.1, 0.15) is 68.7 Å². The third kappa shape index (κ3) is 5.81. The highest BCUT2D eigenvalue weighted by molar-refractivity contribution is 7.80. The highest BCUT2D eigenvalue weighted by Gasteiger charge is 2.06. The van der Waals surface area contributed by atoms with Crippen molar-refractivity contribution in [2.45, 2.75) is 59.3 Å². The quantitative estimate of drug-likeness (QED) is 0.271. The molecule has 0 unspecified atom stereocenters. The molecular weight excluding hydrogens is 334 g/mol. The summed E-state index contributed by atoms with van der Waals surface area (Å²) in [7, 11) is 0. The first-order chi connectivity index (χ1) is 12.5. The first-order valence-corrected chi connectivity index (χ1v) is 10.1. The summed E-state index contributed by atoms with van der Waals surface area (Å²) in [6, 6.07) is 15.2. The summed E-state index contributed by atoms with van der Waals surface area (Å²) in [6.45, 7) is 10.6. The molecule has 0 amide bonds. The van der Waals surface area contributed by atoms with Crippen LogP contribution in [0.4, 0.5) is 5.69 Å². The molecule has 1 N–H and O–H groups in total. The molecule has 0 aromatic heterocycles. The van der Waals surface area contributed by atoms with E-state index in [0.717, 1.165) is 28.2 Å². The lowest BCUT2D eigenvalue weighted by Crippen LogP contribution is -2.02. The van der Waals surface area contributed by atoms with E-state index >= 15 is 0 Å². The zero-order valence-corrected chi connectivity index (χ0v) is 17.2. The number of rotatable bonds is 10. The molecule has 0 spiro atoms. The van der Waals surface area contributed by atoms with Crippen molar-refractivity contribution in [1.82, 2.24) is 0 Å². The summed E-state index contributed by atoms with van der Waals surface area (Å²) in [5.41, 5.74) is 6.98. The van der Waals surface area contributed by atoms with Gasteiger partial charge in [0.1, 0.15) is 0 Å². The Morgan fingerprint density at radius 3 is 2.35 bits per heavy atom. The van der Waals surface area contributed by atoms with Crippen molar-refractivity contribution < 1.29 is 0 Å². The van der Waals surface area contributed by atoms with Crippen LogP contribution in [0.5, 0.6) is 0 Å². The molecule has 2 heteroatoms. The largest absolute Gasteiger partial charge is 0.356 e. The Morgan fingerprint density at radius 1 is 1.00 bits per heavy atom. The molecule has 0 atom stereocenters. The molecule has 1 nitrogen and oxygen atoms in total. The topological polar surface area (TPSA) is 12.0 Å². The molecule has 0 fully saturated rings. The Kier molecular flexibility index (Phi) is 8.06. The third-order valence-corrected chi connectivity index (χ3v) is 5.00. The molecule has 2 aromatic rings. The average Bonchev–Trinajstić information content (AvgIpc) is 2.65. The molecule has 0 bridgehead atoms. The number of aryl methyl sites for hydroxylation is 2. The lowest BCUT2D eigenvalue weighted by molar-refractivity contribution is 0.667. The molecule has 0 saturated heterocycles. The monoisotopic (exact) mass is 365 g/mol. The van der Waals surface area contributed by atoms with Crippen molar-refractivity contribution in [1.29, 1.82) is 0 Å². The van der Waals surface area contributed by atoms with Gasteiger partial charge in [0.15, 0.2) is 0 Å². The van der Waals surface area contributed by atoms with E-state index in [1.807, 2.05) is 6.92 Å². The summed E-state index contributed by atoms with van der Waals surface area (Å²) < 4.78 is 0.